The number of hydrogen-bond acceptors (Lipinski definition) is 9. The number of aliphatic carboxylic acids is 1. The number of nitrogens with two attached hydrogens (primary N) is 1. The van der Waals surface area contributed by atoms with Crippen molar-refractivity contribution in [3.05, 3.63) is 99.3 Å². The summed E-state index contributed by atoms with van der Waals surface area (Å²) in [5.41, 5.74) is 8.07. The maximum atomic E-state index is 14.8. The third-order valence-corrected chi connectivity index (χ3v) is 9.91. The number of aromatic carboxylic acids is 1. The van der Waals surface area contributed by atoms with Crippen LogP contribution in [0.3, 0.4) is 0 Å². The molecule has 3 amide bonds. The molecule has 276 valence electrons. The van der Waals surface area contributed by atoms with Crippen LogP contribution >= 0.6 is 11.6 Å². The normalized spacial score (nSPS) is 18.9. The fraction of sp³-hybridized carbons (Fsp3) is 0.324. The van der Waals surface area contributed by atoms with E-state index in [-0.39, 0.29) is 97.7 Å². The molecule has 3 heterocycles. The third kappa shape index (κ3) is 7.76. The van der Waals surface area contributed by atoms with E-state index in [0.717, 1.165) is 0 Å². The van der Waals surface area contributed by atoms with Crippen molar-refractivity contribution in [1.29, 1.82) is 0 Å². The second-order valence-electron chi connectivity index (χ2n) is 13.0. The van der Waals surface area contributed by atoms with Crippen molar-refractivity contribution < 1.29 is 48.2 Å². The van der Waals surface area contributed by atoms with Crippen molar-refractivity contribution in [3.63, 3.8) is 0 Å². The summed E-state index contributed by atoms with van der Waals surface area (Å²) in [5, 5.41) is 22.2. The number of carboxylic acids is 2. The Kier molecular flexibility index (Phi) is 10.9. The molecule has 16 heteroatoms. The molecule has 1 fully saturated rings. The number of piperazine rings is 1. The maximum absolute atomic E-state index is 14.8. The third-order valence-electron chi connectivity index (χ3n) is 9.62. The summed E-state index contributed by atoms with van der Waals surface area (Å²) in [7, 11) is 0. The van der Waals surface area contributed by atoms with Gasteiger partial charge in [-0.3, -0.25) is 24.0 Å². The SMILES string of the molecule is N[C@@H](CCC(=O)N1CCN(c2cccc3c2CCN(C(=O)[C@H]2CC(c4cccc(Cl)c4F)=NO2)[C@@H]3C(=O)Cc2ccc(C(=O)O)cc2)C(=O)C1)C(=O)O. The van der Waals surface area contributed by atoms with Gasteiger partial charge in [0, 0.05) is 50.1 Å². The van der Waals surface area contributed by atoms with Gasteiger partial charge in [-0.05, 0) is 59.9 Å². The molecule has 0 radical (unpaired) electrons. The first-order valence-electron chi connectivity index (χ1n) is 16.8. The van der Waals surface area contributed by atoms with E-state index < -0.39 is 41.9 Å². The average molecular weight is 748 g/mol. The molecule has 0 aromatic heterocycles. The zero-order valence-corrected chi connectivity index (χ0v) is 29.0. The summed E-state index contributed by atoms with van der Waals surface area (Å²) in [5.74, 6) is -4.73. The van der Waals surface area contributed by atoms with Gasteiger partial charge in [-0.25, -0.2) is 9.18 Å². The van der Waals surface area contributed by atoms with E-state index in [2.05, 4.69) is 5.16 Å². The molecule has 3 atom stereocenters. The molecular formula is C37H35ClFN5O9. The highest BCUT2D eigenvalue weighted by atomic mass is 35.5. The highest BCUT2D eigenvalue weighted by molar-refractivity contribution is 6.31. The average Bonchev–Trinajstić information content (AvgIpc) is 3.64. The minimum Gasteiger partial charge on any atom is -0.480 e. The minimum atomic E-state index is -1.22. The van der Waals surface area contributed by atoms with Crippen molar-refractivity contribution in [2.24, 2.45) is 10.9 Å². The second-order valence-corrected chi connectivity index (χ2v) is 13.4. The van der Waals surface area contributed by atoms with Crippen LogP contribution in [-0.2, 0) is 41.7 Å². The van der Waals surface area contributed by atoms with Crippen LogP contribution in [0.2, 0.25) is 5.02 Å². The molecule has 0 aliphatic carbocycles. The first kappa shape index (κ1) is 37.1. The monoisotopic (exact) mass is 747 g/mol. The standard InChI is InChI=1S/C37H35ClFN5O9/c38-25-5-1-4-24(33(25)39)27-18-30(53-41-27)35(48)44-14-13-22-23(34(44)29(45)17-20-7-9-21(10-8-20)36(49)50)3-2-6-28(22)43-16-15-42(19-32(43)47)31(46)12-11-26(40)37(51)52/h1-10,26,30,34H,11-19,40H2,(H,49,50)(H,51,52)/t26-,30+,34-/m0/s1. The zero-order chi connectivity index (χ0) is 38.0. The predicted molar refractivity (Wildman–Crippen MR) is 188 cm³/mol. The number of carbonyl (C=O) groups excluding carboxylic acids is 4. The van der Waals surface area contributed by atoms with Crippen molar-refractivity contribution >= 4 is 58.4 Å². The molecule has 3 aromatic rings. The molecule has 4 N–H and O–H groups in total. The lowest BCUT2D eigenvalue weighted by atomic mass is 9.86. The Bertz CT molecular complexity index is 2020. The van der Waals surface area contributed by atoms with E-state index in [9.17, 15) is 38.3 Å². The molecule has 6 rings (SSSR count). The lowest BCUT2D eigenvalue weighted by Crippen LogP contribution is -2.53. The van der Waals surface area contributed by atoms with Crippen LogP contribution in [0.15, 0.2) is 65.8 Å². The Morgan fingerprint density at radius 3 is 2.43 bits per heavy atom. The molecule has 3 aromatic carbocycles. The van der Waals surface area contributed by atoms with Crippen LogP contribution in [0.4, 0.5) is 10.1 Å². The number of carbonyl (C=O) groups is 6. The molecule has 3 aliphatic rings. The lowest BCUT2D eigenvalue weighted by Gasteiger charge is -2.40. The summed E-state index contributed by atoms with van der Waals surface area (Å²) in [6, 6.07) is 13.1. The molecule has 14 nitrogen and oxygen atoms in total. The Balaban J connectivity index is 1.26. The van der Waals surface area contributed by atoms with Crippen LogP contribution in [0, 0.1) is 5.82 Å². The van der Waals surface area contributed by atoms with Gasteiger partial charge >= 0.3 is 11.9 Å². The van der Waals surface area contributed by atoms with Gasteiger partial charge in [0.15, 0.2) is 11.6 Å². The fourth-order valence-corrected chi connectivity index (χ4v) is 7.01. The van der Waals surface area contributed by atoms with Crippen LogP contribution in [-0.4, -0.2) is 99.5 Å². The van der Waals surface area contributed by atoms with E-state index in [1.165, 1.54) is 51.1 Å². The fourth-order valence-electron chi connectivity index (χ4n) is 6.83. The number of oxime groups is 1. The Morgan fingerprint density at radius 2 is 1.74 bits per heavy atom. The van der Waals surface area contributed by atoms with Crippen molar-refractivity contribution in [1.82, 2.24) is 9.80 Å². The molecule has 53 heavy (non-hydrogen) atoms. The quantitative estimate of drug-likeness (QED) is 0.262. The maximum Gasteiger partial charge on any atom is 0.335 e. The number of carboxylic acid groups (broad SMARTS) is 2. The largest absolute Gasteiger partial charge is 0.480 e. The van der Waals surface area contributed by atoms with Gasteiger partial charge in [-0.2, -0.15) is 0 Å². The van der Waals surface area contributed by atoms with Gasteiger partial charge in [-0.15, -0.1) is 0 Å². The minimum absolute atomic E-state index is 0.0475. The molecular weight excluding hydrogens is 713 g/mol. The van der Waals surface area contributed by atoms with E-state index >= 15 is 0 Å². The number of anilines is 1. The first-order valence-corrected chi connectivity index (χ1v) is 17.2. The van der Waals surface area contributed by atoms with Crippen LogP contribution < -0.4 is 10.6 Å². The molecule has 0 spiro atoms. The number of Topliss-reactive ketones (excluding diaryl/α,β-unsaturated/α-hetero) is 1. The summed E-state index contributed by atoms with van der Waals surface area (Å²) in [6.45, 7) is 0.150. The number of halogens is 2. The number of benzene rings is 3. The number of nitrogens with zero attached hydrogens (tertiary/aromatic N) is 4. The highest BCUT2D eigenvalue weighted by Crippen LogP contribution is 2.38. The predicted octanol–water partition coefficient (Wildman–Crippen LogP) is 2.98. The van der Waals surface area contributed by atoms with Gasteiger partial charge in [0.1, 0.15) is 18.6 Å². The van der Waals surface area contributed by atoms with Crippen molar-refractivity contribution in [3.8, 4) is 0 Å². The smallest absolute Gasteiger partial charge is 0.335 e. The molecule has 0 bridgehead atoms. The highest BCUT2D eigenvalue weighted by Gasteiger charge is 2.43. The second kappa shape index (κ2) is 15.5. The van der Waals surface area contributed by atoms with Gasteiger partial charge in [-0.1, -0.05) is 47.1 Å². The van der Waals surface area contributed by atoms with Crippen molar-refractivity contribution in [2.75, 3.05) is 31.1 Å². The topological polar surface area (TPSA) is 200 Å². The molecule has 1 saturated heterocycles. The van der Waals surface area contributed by atoms with E-state index in [1.54, 1.807) is 24.3 Å². The van der Waals surface area contributed by atoms with Gasteiger partial charge in [0.25, 0.3) is 5.91 Å². The first-order chi connectivity index (χ1) is 25.3. The summed E-state index contributed by atoms with van der Waals surface area (Å²) in [6.07, 6.45) is -1.31. The van der Waals surface area contributed by atoms with Crippen LogP contribution in [0.25, 0.3) is 0 Å². The summed E-state index contributed by atoms with van der Waals surface area (Å²) >= 11 is 5.96. The zero-order valence-electron chi connectivity index (χ0n) is 28.2. The number of amides is 3. The Morgan fingerprint density at radius 1 is 1.00 bits per heavy atom. The van der Waals surface area contributed by atoms with E-state index in [4.69, 9.17) is 27.3 Å². The Hall–Kier alpha value is -5.67. The van der Waals surface area contributed by atoms with Gasteiger partial charge in [0.05, 0.1) is 16.3 Å². The molecule has 0 saturated carbocycles. The summed E-state index contributed by atoms with van der Waals surface area (Å²) in [4.78, 5) is 86.9. The number of hydrogen-bond donors (Lipinski definition) is 3. The van der Waals surface area contributed by atoms with Crippen molar-refractivity contribution in [2.45, 2.75) is 50.3 Å². The number of rotatable bonds is 11. The van der Waals surface area contributed by atoms with Crippen LogP contribution in [0.1, 0.15) is 57.9 Å². The Labute approximate surface area is 307 Å². The molecule has 0 unspecified atom stereocenters. The van der Waals surface area contributed by atoms with E-state index in [1.807, 2.05) is 0 Å². The van der Waals surface area contributed by atoms with E-state index in [0.29, 0.717) is 22.4 Å². The number of ketones is 1. The number of fused-ring (bicyclic) bond motifs is 1. The van der Waals surface area contributed by atoms with Crippen LogP contribution in [0.5, 0.6) is 0 Å². The lowest BCUT2D eigenvalue weighted by molar-refractivity contribution is -0.149. The van der Waals surface area contributed by atoms with Gasteiger partial charge < -0.3 is 35.5 Å². The molecule has 3 aliphatic heterocycles. The van der Waals surface area contributed by atoms with Gasteiger partial charge in [0.2, 0.25) is 17.9 Å². The summed E-state index contributed by atoms with van der Waals surface area (Å²) < 4.78 is 14.8.